The largest absolute Gasteiger partial charge is 0.331 e. The molecule has 1 fully saturated rings. The maximum absolute atomic E-state index is 12.3. The van der Waals surface area contributed by atoms with Crippen molar-refractivity contribution in [1.82, 2.24) is 10.2 Å². The van der Waals surface area contributed by atoms with Crippen LogP contribution in [0.3, 0.4) is 0 Å². The molecular formula is C14H15BrN2O3. The minimum absolute atomic E-state index is 0.152. The third-order valence-corrected chi connectivity index (χ3v) is 3.99. The summed E-state index contributed by atoms with van der Waals surface area (Å²) in [5.41, 5.74) is 0.820. The summed E-state index contributed by atoms with van der Waals surface area (Å²) in [6.07, 6.45) is 1.16. The van der Waals surface area contributed by atoms with E-state index in [1.807, 2.05) is 31.2 Å². The lowest BCUT2D eigenvalue weighted by Crippen LogP contribution is -2.57. The number of benzene rings is 1. The molecule has 5 nitrogen and oxygen atoms in total. The van der Waals surface area contributed by atoms with Crippen molar-refractivity contribution in [3.05, 3.63) is 34.3 Å². The molecule has 1 N–H and O–H groups in total. The SMILES string of the molecule is CCCC1C(=O)NC(=O)N(Cc2ccccc2Br)C1=O. The Kier molecular flexibility index (Phi) is 4.54. The van der Waals surface area contributed by atoms with Gasteiger partial charge in [0.2, 0.25) is 11.8 Å². The third kappa shape index (κ3) is 2.90. The maximum Gasteiger partial charge on any atom is 0.331 e. The number of carbonyl (C=O) groups excluding carboxylic acids is 3. The summed E-state index contributed by atoms with van der Waals surface area (Å²) in [6.45, 7) is 2.05. The Labute approximate surface area is 125 Å². The first-order valence-corrected chi connectivity index (χ1v) is 7.23. The number of nitrogens with zero attached hydrogens (tertiary/aromatic N) is 1. The van der Waals surface area contributed by atoms with E-state index in [9.17, 15) is 14.4 Å². The molecule has 1 aliphatic heterocycles. The van der Waals surface area contributed by atoms with Crippen LogP contribution in [-0.2, 0) is 16.1 Å². The molecule has 0 saturated carbocycles. The Bertz CT molecular complexity index is 559. The van der Waals surface area contributed by atoms with Crippen LogP contribution in [0.1, 0.15) is 25.3 Å². The first-order valence-electron chi connectivity index (χ1n) is 6.44. The standard InChI is InChI=1S/C14H15BrN2O3/c1-2-5-10-12(18)16-14(20)17(13(10)19)8-9-6-3-4-7-11(9)15/h3-4,6-7,10H,2,5,8H2,1H3,(H,16,18,20). The molecule has 0 spiro atoms. The fourth-order valence-electron chi connectivity index (χ4n) is 2.15. The van der Waals surface area contributed by atoms with E-state index in [4.69, 9.17) is 0 Å². The molecule has 1 heterocycles. The molecule has 1 aromatic rings. The van der Waals surface area contributed by atoms with Crippen molar-refractivity contribution in [3.8, 4) is 0 Å². The third-order valence-electron chi connectivity index (χ3n) is 3.22. The summed E-state index contributed by atoms with van der Waals surface area (Å²) < 4.78 is 0.824. The Hall–Kier alpha value is -1.69. The zero-order valence-corrected chi connectivity index (χ0v) is 12.6. The number of hydrogen-bond acceptors (Lipinski definition) is 3. The first-order chi connectivity index (χ1) is 9.54. The second-order valence-electron chi connectivity index (χ2n) is 4.65. The monoisotopic (exact) mass is 338 g/mol. The van der Waals surface area contributed by atoms with Crippen LogP contribution >= 0.6 is 15.9 Å². The van der Waals surface area contributed by atoms with Crippen molar-refractivity contribution in [3.63, 3.8) is 0 Å². The van der Waals surface area contributed by atoms with E-state index in [-0.39, 0.29) is 6.54 Å². The van der Waals surface area contributed by atoms with Gasteiger partial charge in [-0.1, -0.05) is 47.5 Å². The normalized spacial score (nSPS) is 19.2. The van der Waals surface area contributed by atoms with E-state index < -0.39 is 23.8 Å². The van der Waals surface area contributed by atoms with Gasteiger partial charge in [0, 0.05) is 4.47 Å². The minimum Gasteiger partial charge on any atom is -0.277 e. The van der Waals surface area contributed by atoms with Crippen LogP contribution in [0.15, 0.2) is 28.7 Å². The highest BCUT2D eigenvalue weighted by molar-refractivity contribution is 9.10. The topological polar surface area (TPSA) is 66.5 Å². The van der Waals surface area contributed by atoms with Crippen molar-refractivity contribution < 1.29 is 14.4 Å². The summed E-state index contributed by atoms with van der Waals surface area (Å²) in [5.74, 6) is -1.68. The van der Waals surface area contributed by atoms with Crippen molar-refractivity contribution in [2.75, 3.05) is 0 Å². The summed E-state index contributed by atoms with van der Waals surface area (Å²) in [7, 11) is 0. The molecule has 0 bridgehead atoms. The first kappa shape index (κ1) is 14.7. The lowest BCUT2D eigenvalue weighted by molar-refractivity contribution is -0.143. The number of rotatable bonds is 4. The van der Waals surface area contributed by atoms with Gasteiger partial charge in [0.1, 0.15) is 5.92 Å². The Morgan fingerprint density at radius 3 is 2.60 bits per heavy atom. The van der Waals surface area contributed by atoms with Crippen molar-refractivity contribution in [1.29, 1.82) is 0 Å². The molecule has 1 unspecified atom stereocenters. The second kappa shape index (κ2) is 6.17. The average molecular weight is 339 g/mol. The van der Waals surface area contributed by atoms with E-state index >= 15 is 0 Å². The number of barbiturate groups is 1. The Morgan fingerprint density at radius 1 is 1.25 bits per heavy atom. The van der Waals surface area contributed by atoms with Crippen LogP contribution in [-0.4, -0.2) is 22.7 Å². The van der Waals surface area contributed by atoms with Gasteiger partial charge in [-0.15, -0.1) is 0 Å². The van der Waals surface area contributed by atoms with Gasteiger partial charge in [-0.3, -0.25) is 19.8 Å². The van der Waals surface area contributed by atoms with Crippen molar-refractivity contribution >= 4 is 33.8 Å². The highest BCUT2D eigenvalue weighted by atomic mass is 79.9. The molecule has 0 aliphatic carbocycles. The number of amides is 4. The maximum atomic E-state index is 12.3. The van der Waals surface area contributed by atoms with Gasteiger partial charge in [0.25, 0.3) is 0 Å². The molecule has 106 valence electrons. The highest BCUT2D eigenvalue weighted by Gasteiger charge is 2.39. The lowest BCUT2D eigenvalue weighted by Gasteiger charge is -2.30. The average Bonchev–Trinajstić information content (AvgIpc) is 2.41. The molecule has 20 heavy (non-hydrogen) atoms. The van der Waals surface area contributed by atoms with E-state index in [0.29, 0.717) is 12.8 Å². The zero-order valence-electron chi connectivity index (χ0n) is 11.1. The molecule has 2 rings (SSSR count). The van der Waals surface area contributed by atoms with Crippen molar-refractivity contribution in [2.24, 2.45) is 5.92 Å². The smallest absolute Gasteiger partial charge is 0.277 e. The van der Waals surface area contributed by atoms with Crippen LogP contribution in [0, 0.1) is 5.92 Å². The molecule has 1 atom stereocenters. The predicted molar refractivity (Wildman–Crippen MR) is 76.6 cm³/mol. The summed E-state index contributed by atoms with van der Waals surface area (Å²) >= 11 is 3.38. The van der Waals surface area contributed by atoms with E-state index in [2.05, 4.69) is 21.2 Å². The van der Waals surface area contributed by atoms with Crippen LogP contribution in [0.5, 0.6) is 0 Å². The summed E-state index contributed by atoms with van der Waals surface area (Å²) in [5, 5.41) is 2.25. The van der Waals surface area contributed by atoms with Gasteiger partial charge in [0.15, 0.2) is 0 Å². The molecular weight excluding hydrogens is 324 g/mol. The Morgan fingerprint density at radius 2 is 1.95 bits per heavy atom. The molecule has 6 heteroatoms. The highest BCUT2D eigenvalue weighted by Crippen LogP contribution is 2.22. The minimum atomic E-state index is -0.764. The molecule has 1 saturated heterocycles. The number of halogens is 1. The van der Waals surface area contributed by atoms with Gasteiger partial charge in [-0.2, -0.15) is 0 Å². The van der Waals surface area contributed by atoms with Crippen LogP contribution < -0.4 is 5.32 Å². The number of carbonyl (C=O) groups is 3. The molecule has 0 aromatic heterocycles. The van der Waals surface area contributed by atoms with Gasteiger partial charge in [-0.25, -0.2) is 4.79 Å². The molecule has 4 amide bonds. The fourth-order valence-corrected chi connectivity index (χ4v) is 2.56. The lowest BCUT2D eigenvalue weighted by atomic mass is 9.99. The number of nitrogens with one attached hydrogen (secondary N) is 1. The number of imide groups is 2. The zero-order chi connectivity index (χ0) is 14.7. The number of urea groups is 1. The summed E-state index contributed by atoms with van der Waals surface area (Å²) in [4.78, 5) is 36.9. The fraction of sp³-hybridized carbons (Fsp3) is 0.357. The van der Waals surface area contributed by atoms with Gasteiger partial charge in [0.05, 0.1) is 6.54 Å². The molecule has 0 radical (unpaired) electrons. The Balaban J connectivity index is 2.22. The van der Waals surface area contributed by atoms with Crippen LogP contribution in [0.4, 0.5) is 4.79 Å². The number of hydrogen-bond donors (Lipinski definition) is 1. The summed E-state index contributed by atoms with van der Waals surface area (Å²) in [6, 6.07) is 6.71. The van der Waals surface area contributed by atoms with E-state index in [1.54, 1.807) is 0 Å². The van der Waals surface area contributed by atoms with Gasteiger partial charge >= 0.3 is 6.03 Å². The molecule has 1 aliphatic rings. The van der Waals surface area contributed by atoms with E-state index in [1.165, 1.54) is 0 Å². The van der Waals surface area contributed by atoms with Gasteiger partial charge in [-0.05, 0) is 18.1 Å². The quantitative estimate of drug-likeness (QED) is 0.857. The van der Waals surface area contributed by atoms with Gasteiger partial charge < -0.3 is 0 Å². The van der Waals surface area contributed by atoms with Crippen LogP contribution in [0.2, 0.25) is 0 Å². The van der Waals surface area contributed by atoms with E-state index in [0.717, 1.165) is 14.9 Å². The van der Waals surface area contributed by atoms with Crippen LogP contribution in [0.25, 0.3) is 0 Å². The van der Waals surface area contributed by atoms with Crippen molar-refractivity contribution in [2.45, 2.75) is 26.3 Å². The molecule has 1 aromatic carbocycles. The predicted octanol–water partition coefficient (Wildman–Crippen LogP) is 2.44. The second-order valence-corrected chi connectivity index (χ2v) is 5.51.